The van der Waals surface area contributed by atoms with Crippen LogP contribution in [0.15, 0.2) is 42.5 Å². The van der Waals surface area contributed by atoms with Gasteiger partial charge in [0.15, 0.2) is 0 Å². The first-order valence-corrected chi connectivity index (χ1v) is 9.70. The van der Waals surface area contributed by atoms with Crippen LogP contribution in [0.5, 0.6) is 0 Å². The van der Waals surface area contributed by atoms with E-state index in [-0.39, 0.29) is 24.6 Å². The van der Waals surface area contributed by atoms with Crippen LogP contribution in [0.25, 0.3) is 0 Å². The van der Waals surface area contributed by atoms with Crippen molar-refractivity contribution in [3.8, 4) is 0 Å². The minimum absolute atomic E-state index is 0.0649. The molecule has 1 unspecified atom stereocenters. The average molecular weight is 432 g/mol. The zero-order valence-corrected chi connectivity index (χ0v) is 16.3. The predicted octanol–water partition coefficient (Wildman–Crippen LogP) is 3.52. The fourth-order valence-electron chi connectivity index (χ4n) is 3.79. The van der Waals surface area contributed by atoms with Crippen LogP contribution in [-0.4, -0.2) is 30.4 Å². The highest BCUT2D eigenvalue weighted by Crippen LogP contribution is 2.37. The van der Waals surface area contributed by atoms with Gasteiger partial charge in [-0.1, -0.05) is 12.1 Å². The molecular formula is C21H19F3N4O3. The summed E-state index contributed by atoms with van der Waals surface area (Å²) in [6, 6.07) is 8.33. The van der Waals surface area contributed by atoms with E-state index in [4.69, 9.17) is 0 Å². The summed E-state index contributed by atoms with van der Waals surface area (Å²) in [5.74, 6) is -0.664. The Morgan fingerprint density at radius 2 is 1.87 bits per heavy atom. The lowest BCUT2D eigenvalue weighted by atomic mass is 10.0. The number of alkyl halides is 3. The van der Waals surface area contributed by atoms with Gasteiger partial charge < -0.3 is 20.9 Å². The van der Waals surface area contributed by atoms with Crippen molar-refractivity contribution in [2.45, 2.75) is 31.5 Å². The number of benzene rings is 2. The molecule has 1 atom stereocenters. The topological polar surface area (TPSA) is 90.5 Å². The van der Waals surface area contributed by atoms with E-state index in [0.29, 0.717) is 24.2 Å². The van der Waals surface area contributed by atoms with Crippen LogP contribution in [0.2, 0.25) is 0 Å². The van der Waals surface area contributed by atoms with E-state index in [1.807, 2.05) is 0 Å². The number of nitrogens with one attached hydrogen (secondary N) is 3. The third-order valence-corrected chi connectivity index (χ3v) is 5.27. The molecule has 0 saturated carbocycles. The van der Waals surface area contributed by atoms with Crippen LogP contribution in [-0.2, 0) is 22.2 Å². The molecule has 0 aliphatic carbocycles. The third-order valence-electron chi connectivity index (χ3n) is 5.27. The number of carbonyl (C=O) groups excluding carboxylic acids is 3. The maximum Gasteiger partial charge on any atom is 0.418 e. The number of carbonyl (C=O) groups is 3. The zero-order chi connectivity index (χ0) is 22.2. The first kappa shape index (κ1) is 20.7. The second-order valence-electron chi connectivity index (χ2n) is 7.36. The van der Waals surface area contributed by atoms with Gasteiger partial charge in [0.1, 0.15) is 6.04 Å². The summed E-state index contributed by atoms with van der Waals surface area (Å²) in [5.41, 5.74) is 0.935. The maximum absolute atomic E-state index is 13.3. The number of hydrogen-bond acceptors (Lipinski definition) is 3. The molecule has 7 nitrogen and oxygen atoms in total. The SMILES string of the molecule is O=C1CCc2cc(NC(=O)NC3CCN(c4ccccc4C(F)(F)F)C3=O)ccc2N1. The van der Waals surface area contributed by atoms with Gasteiger partial charge in [-0.05, 0) is 48.7 Å². The predicted molar refractivity (Wildman–Crippen MR) is 108 cm³/mol. The Morgan fingerprint density at radius 1 is 1.10 bits per heavy atom. The molecule has 2 aromatic carbocycles. The molecule has 3 N–H and O–H groups in total. The number of hydrogen-bond donors (Lipinski definition) is 3. The van der Waals surface area contributed by atoms with Crippen molar-refractivity contribution in [1.82, 2.24) is 5.32 Å². The van der Waals surface area contributed by atoms with Gasteiger partial charge >= 0.3 is 12.2 Å². The fourth-order valence-corrected chi connectivity index (χ4v) is 3.79. The fraction of sp³-hybridized carbons (Fsp3) is 0.286. The zero-order valence-electron chi connectivity index (χ0n) is 16.3. The van der Waals surface area contributed by atoms with Crippen molar-refractivity contribution in [1.29, 1.82) is 0 Å². The minimum atomic E-state index is -4.59. The molecular weight excluding hydrogens is 413 g/mol. The highest BCUT2D eigenvalue weighted by atomic mass is 19.4. The Labute approximate surface area is 175 Å². The molecule has 0 radical (unpaired) electrons. The van der Waals surface area contributed by atoms with E-state index in [2.05, 4.69) is 16.0 Å². The van der Waals surface area contributed by atoms with E-state index in [0.717, 1.165) is 16.5 Å². The van der Waals surface area contributed by atoms with Gasteiger partial charge in [0.2, 0.25) is 11.8 Å². The van der Waals surface area contributed by atoms with Gasteiger partial charge in [-0.25, -0.2) is 4.79 Å². The number of fused-ring (bicyclic) bond motifs is 1. The van der Waals surface area contributed by atoms with Gasteiger partial charge in [0.05, 0.1) is 11.3 Å². The molecule has 1 saturated heterocycles. The highest BCUT2D eigenvalue weighted by molar-refractivity contribution is 6.03. The van der Waals surface area contributed by atoms with Crippen molar-refractivity contribution >= 4 is 34.9 Å². The van der Waals surface area contributed by atoms with Crippen molar-refractivity contribution < 1.29 is 27.6 Å². The average Bonchev–Trinajstić information content (AvgIpc) is 3.07. The van der Waals surface area contributed by atoms with Crippen LogP contribution in [0.4, 0.5) is 35.0 Å². The summed E-state index contributed by atoms with van der Waals surface area (Å²) in [6.07, 6.45) is -3.50. The van der Waals surface area contributed by atoms with E-state index >= 15 is 0 Å². The number of nitrogens with zero attached hydrogens (tertiary/aromatic N) is 1. The largest absolute Gasteiger partial charge is 0.418 e. The second kappa shape index (κ2) is 7.93. The first-order chi connectivity index (χ1) is 14.7. The molecule has 2 aromatic rings. The number of urea groups is 1. The van der Waals surface area contributed by atoms with Crippen LogP contribution in [0.1, 0.15) is 24.0 Å². The second-order valence-corrected chi connectivity index (χ2v) is 7.36. The van der Waals surface area contributed by atoms with Crippen molar-refractivity contribution in [2.24, 2.45) is 0 Å². The molecule has 1 fully saturated rings. The summed E-state index contributed by atoms with van der Waals surface area (Å²) < 4.78 is 39.8. The third kappa shape index (κ3) is 4.32. The Bertz CT molecular complexity index is 1050. The van der Waals surface area contributed by atoms with Gasteiger partial charge in [0, 0.05) is 24.3 Å². The Balaban J connectivity index is 1.42. The Hall–Kier alpha value is -3.56. The number of aryl methyl sites for hydroxylation is 1. The van der Waals surface area contributed by atoms with Crippen molar-refractivity contribution in [3.05, 3.63) is 53.6 Å². The number of amides is 4. The smallest absolute Gasteiger partial charge is 0.326 e. The van der Waals surface area contributed by atoms with E-state index < -0.39 is 29.7 Å². The van der Waals surface area contributed by atoms with E-state index in [1.165, 1.54) is 18.2 Å². The molecule has 4 rings (SSSR count). The standard InChI is InChI=1S/C21H19F3N4O3/c22-21(23,24)14-3-1-2-4-17(14)28-10-9-16(19(28)30)27-20(31)25-13-6-7-15-12(11-13)5-8-18(29)26-15/h1-4,6-7,11,16H,5,8-10H2,(H,26,29)(H2,25,27,31). The Morgan fingerprint density at radius 3 is 2.65 bits per heavy atom. The summed E-state index contributed by atoms with van der Waals surface area (Å²) in [6.45, 7) is 0.0649. The molecule has 4 amide bonds. The molecule has 2 aliphatic heterocycles. The maximum atomic E-state index is 13.3. The summed E-state index contributed by atoms with van der Waals surface area (Å²) in [5, 5.41) is 7.90. The van der Waals surface area contributed by atoms with Crippen molar-refractivity contribution in [2.75, 3.05) is 22.1 Å². The highest BCUT2D eigenvalue weighted by Gasteiger charge is 2.40. The molecule has 2 aliphatic rings. The molecule has 0 aromatic heterocycles. The van der Waals surface area contributed by atoms with Gasteiger partial charge in [-0.2, -0.15) is 13.2 Å². The lowest BCUT2D eigenvalue weighted by Crippen LogP contribution is -2.43. The van der Waals surface area contributed by atoms with Crippen LogP contribution >= 0.6 is 0 Å². The number of rotatable bonds is 3. The van der Waals surface area contributed by atoms with Gasteiger partial charge in [-0.3, -0.25) is 9.59 Å². The van der Waals surface area contributed by atoms with Crippen LogP contribution < -0.4 is 20.9 Å². The summed E-state index contributed by atoms with van der Waals surface area (Å²) in [7, 11) is 0. The van der Waals surface area contributed by atoms with Gasteiger partial charge in [-0.15, -0.1) is 0 Å². The first-order valence-electron chi connectivity index (χ1n) is 9.70. The van der Waals surface area contributed by atoms with Crippen molar-refractivity contribution in [3.63, 3.8) is 0 Å². The molecule has 10 heteroatoms. The van der Waals surface area contributed by atoms with E-state index in [1.54, 1.807) is 18.2 Å². The number of halogens is 3. The molecule has 162 valence electrons. The Kier molecular flexibility index (Phi) is 5.30. The molecule has 0 bridgehead atoms. The molecule has 31 heavy (non-hydrogen) atoms. The minimum Gasteiger partial charge on any atom is -0.326 e. The molecule has 2 heterocycles. The summed E-state index contributed by atoms with van der Waals surface area (Å²) >= 11 is 0. The van der Waals surface area contributed by atoms with Crippen LogP contribution in [0, 0.1) is 0 Å². The summed E-state index contributed by atoms with van der Waals surface area (Å²) in [4.78, 5) is 37.5. The lowest BCUT2D eigenvalue weighted by Gasteiger charge is -2.22. The lowest BCUT2D eigenvalue weighted by molar-refractivity contribution is -0.137. The normalized spacial score (nSPS) is 18.4. The van der Waals surface area contributed by atoms with Gasteiger partial charge in [0.25, 0.3) is 0 Å². The quantitative estimate of drug-likeness (QED) is 0.693. The molecule has 0 spiro atoms. The monoisotopic (exact) mass is 432 g/mol. The van der Waals surface area contributed by atoms with E-state index in [9.17, 15) is 27.6 Å². The number of para-hydroxylation sites is 1. The van der Waals surface area contributed by atoms with Crippen LogP contribution in [0.3, 0.4) is 0 Å². The number of anilines is 3.